The fourth-order valence-corrected chi connectivity index (χ4v) is 1.84. The molecule has 1 saturated heterocycles. The zero-order chi connectivity index (χ0) is 11.2. The van der Waals surface area contributed by atoms with E-state index >= 15 is 0 Å². The summed E-state index contributed by atoms with van der Waals surface area (Å²) in [6.07, 6.45) is 9.96. The molecule has 16 heavy (non-hydrogen) atoms. The summed E-state index contributed by atoms with van der Waals surface area (Å²) in [4.78, 5) is 10.3. The molecular weight excluding hydrogens is 202 g/mol. The van der Waals surface area contributed by atoms with Gasteiger partial charge in [-0.2, -0.15) is 0 Å². The molecule has 0 saturated carbocycles. The standard InChI is InChI=1S/C12H17N3O/c16-12-9-13-6-5-11(12)14-10-15-7-3-1-2-4-8-15/h5-6,9-10,16H,1-4,7-8H2. The van der Waals surface area contributed by atoms with Crippen molar-refractivity contribution in [2.24, 2.45) is 4.99 Å². The number of nitrogens with zero attached hydrogens (tertiary/aromatic N) is 3. The van der Waals surface area contributed by atoms with E-state index in [1.807, 2.05) is 6.34 Å². The predicted octanol–water partition coefficient (Wildman–Crippen LogP) is 2.32. The molecule has 0 aliphatic carbocycles. The average molecular weight is 219 g/mol. The van der Waals surface area contributed by atoms with Crippen LogP contribution >= 0.6 is 0 Å². The van der Waals surface area contributed by atoms with Gasteiger partial charge in [-0.05, 0) is 18.9 Å². The van der Waals surface area contributed by atoms with Gasteiger partial charge in [-0.25, -0.2) is 4.99 Å². The lowest BCUT2D eigenvalue weighted by Gasteiger charge is -2.15. The highest BCUT2D eigenvalue weighted by Crippen LogP contribution is 2.23. The molecule has 0 bridgehead atoms. The highest BCUT2D eigenvalue weighted by atomic mass is 16.3. The Bertz CT molecular complexity index is 357. The van der Waals surface area contributed by atoms with Crippen molar-refractivity contribution in [3.05, 3.63) is 18.5 Å². The molecule has 0 unspecified atom stereocenters. The third-order valence-corrected chi connectivity index (χ3v) is 2.78. The molecule has 4 nitrogen and oxygen atoms in total. The second-order valence-corrected chi connectivity index (χ2v) is 4.06. The molecule has 1 aliphatic heterocycles. The Morgan fingerprint density at radius 2 is 2.00 bits per heavy atom. The Kier molecular flexibility index (Phi) is 3.75. The summed E-state index contributed by atoms with van der Waals surface area (Å²) in [7, 11) is 0. The largest absolute Gasteiger partial charge is 0.504 e. The maximum absolute atomic E-state index is 9.50. The van der Waals surface area contributed by atoms with Gasteiger partial charge >= 0.3 is 0 Å². The molecule has 2 rings (SSSR count). The summed E-state index contributed by atoms with van der Waals surface area (Å²) in [5.41, 5.74) is 0.583. The fourth-order valence-electron chi connectivity index (χ4n) is 1.84. The maximum atomic E-state index is 9.50. The van der Waals surface area contributed by atoms with Crippen molar-refractivity contribution >= 4 is 12.0 Å². The Morgan fingerprint density at radius 1 is 1.25 bits per heavy atom. The molecule has 86 valence electrons. The zero-order valence-corrected chi connectivity index (χ0v) is 9.34. The predicted molar refractivity (Wildman–Crippen MR) is 64.1 cm³/mol. The van der Waals surface area contributed by atoms with Gasteiger partial charge in [0.25, 0.3) is 0 Å². The van der Waals surface area contributed by atoms with Gasteiger partial charge in [0, 0.05) is 19.3 Å². The minimum Gasteiger partial charge on any atom is -0.504 e. The molecule has 0 aromatic carbocycles. The van der Waals surface area contributed by atoms with Crippen molar-refractivity contribution in [2.75, 3.05) is 13.1 Å². The molecule has 1 aromatic heterocycles. The average Bonchev–Trinajstić information content (AvgIpc) is 2.56. The van der Waals surface area contributed by atoms with E-state index in [-0.39, 0.29) is 5.75 Å². The summed E-state index contributed by atoms with van der Waals surface area (Å²) >= 11 is 0. The molecule has 0 atom stereocenters. The van der Waals surface area contributed by atoms with E-state index in [1.165, 1.54) is 31.9 Å². The van der Waals surface area contributed by atoms with Crippen LogP contribution in [-0.2, 0) is 0 Å². The lowest BCUT2D eigenvalue weighted by Crippen LogP contribution is -2.22. The van der Waals surface area contributed by atoms with Crippen LogP contribution in [0.3, 0.4) is 0 Å². The zero-order valence-electron chi connectivity index (χ0n) is 9.34. The SMILES string of the molecule is Oc1cnccc1N=CN1CCCCCC1. The third-order valence-electron chi connectivity index (χ3n) is 2.78. The van der Waals surface area contributed by atoms with E-state index in [0.29, 0.717) is 5.69 Å². The van der Waals surface area contributed by atoms with E-state index in [1.54, 1.807) is 12.3 Å². The smallest absolute Gasteiger partial charge is 0.159 e. The number of hydrogen-bond acceptors (Lipinski definition) is 3. The maximum Gasteiger partial charge on any atom is 0.159 e. The van der Waals surface area contributed by atoms with E-state index < -0.39 is 0 Å². The van der Waals surface area contributed by atoms with Gasteiger partial charge in [-0.15, -0.1) is 0 Å². The number of aromatic hydroxyl groups is 1. The lowest BCUT2D eigenvalue weighted by atomic mass is 10.2. The van der Waals surface area contributed by atoms with Gasteiger partial charge in [0.2, 0.25) is 0 Å². The van der Waals surface area contributed by atoms with Crippen LogP contribution in [0.1, 0.15) is 25.7 Å². The van der Waals surface area contributed by atoms with Crippen LogP contribution in [0, 0.1) is 0 Å². The number of pyridine rings is 1. The molecule has 0 spiro atoms. The minimum atomic E-state index is 0.133. The summed E-state index contributed by atoms with van der Waals surface area (Å²) in [6.45, 7) is 2.13. The van der Waals surface area contributed by atoms with E-state index in [0.717, 1.165) is 13.1 Å². The van der Waals surface area contributed by atoms with Crippen LogP contribution in [0.25, 0.3) is 0 Å². The van der Waals surface area contributed by atoms with Crippen LogP contribution in [0.5, 0.6) is 5.75 Å². The van der Waals surface area contributed by atoms with Gasteiger partial charge in [0.15, 0.2) is 5.75 Å². The molecule has 1 N–H and O–H groups in total. The van der Waals surface area contributed by atoms with Gasteiger partial charge in [0.05, 0.1) is 12.5 Å². The number of aromatic nitrogens is 1. The van der Waals surface area contributed by atoms with Gasteiger partial charge in [0.1, 0.15) is 5.69 Å². The Hall–Kier alpha value is -1.58. The molecular formula is C12H17N3O. The second-order valence-electron chi connectivity index (χ2n) is 4.06. The Labute approximate surface area is 95.6 Å². The summed E-state index contributed by atoms with van der Waals surface area (Å²) in [5, 5.41) is 9.50. The van der Waals surface area contributed by atoms with Crippen LogP contribution in [0.4, 0.5) is 5.69 Å². The molecule has 4 heteroatoms. The normalized spacial score (nSPS) is 17.6. The molecule has 1 fully saturated rings. The van der Waals surface area contributed by atoms with Gasteiger partial charge < -0.3 is 10.0 Å². The van der Waals surface area contributed by atoms with Crippen molar-refractivity contribution in [3.8, 4) is 5.75 Å². The first-order chi connectivity index (χ1) is 7.86. The van der Waals surface area contributed by atoms with Crippen LogP contribution in [-0.4, -0.2) is 34.4 Å². The molecule has 1 aliphatic rings. The van der Waals surface area contributed by atoms with Crippen molar-refractivity contribution in [3.63, 3.8) is 0 Å². The van der Waals surface area contributed by atoms with E-state index in [9.17, 15) is 5.11 Å². The molecule has 2 heterocycles. The lowest BCUT2D eigenvalue weighted by molar-refractivity contribution is 0.447. The first-order valence-electron chi connectivity index (χ1n) is 5.77. The van der Waals surface area contributed by atoms with Crippen molar-refractivity contribution in [1.29, 1.82) is 0 Å². The van der Waals surface area contributed by atoms with Crippen LogP contribution in [0.15, 0.2) is 23.5 Å². The highest BCUT2D eigenvalue weighted by Gasteiger charge is 2.05. The van der Waals surface area contributed by atoms with E-state index in [4.69, 9.17) is 0 Å². The fraction of sp³-hybridized carbons (Fsp3) is 0.500. The summed E-state index contributed by atoms with van der Waals surface area (Å²) in [6, 6.07) is 1.71. The molecule has 0 amide bonds. The number of aliphatic imine (C=N–C) groups is 1. The summed E-state index contributed by atoms with van der Waals surface area (Å²) in [5.74, 6) is 0.133. The first kappa shape index (κ1) is 10.9. The quantitative estimate of drug-likeness (QED) is 0.613. The Balaban J connectivity index is 2.00. The Morgan fingerprint density at radius 3 is 2.69 bits per heavy atom. The number of hydrogen-bond donors (Lipinski definition) is 1. The minimum absolute atomic E-state index is 0.133. The van der Waals surface area contributed by atoms with Crippen LogP contribution in [0.2, 0.25) is 0 Å². The van der Waals surface area contributed by atoms with Crippen molar-refractivity contribution < 1.29 is 5.11 Å². The second kappa shape index (κ2) is 5.49. The highest BCUT2D eigenvalue weighted by molar-refractivity contribution is 5.64. The number of likely N-dealkylation sites (tertiary alicyclic amines) is 1. The van der Waals surface area contributed by atoms with Crippen molar-refractivity contribution in [2.45, 2.75) is 25.7 Å². The first-order valence-corrected chi connectivity index (χ1v) is 5.77. The topological polar surface area (TPSA) is 48.7 Å². The molecule has 1 aromatic rings. The number of rotatable bonds is 2. The third kappa shape index (κ3) is 2.95. The van der Waals surface area contributed by atoms with Crippen LogP contribution < -0.4 is 0 Å². The van der Waals surface area contributed by atoms with Gasteiger partial charge in [-0.1, -0.05) is 12.8 Å². The summed E-state index contributed by atoms with van der Waals surface area (Å²) < 4.78 is 0. The molecule has 0 radical (unpaired) electrons. The van der Waals surface area contributed by atoms with E-state index in [2.05, 4.69) is 14.9 Å². The van der Waals surface area contributed by atoms with Crippen molar-refractivity contribution in [1.82, 2.24) is 9.88 Å². The monoisotopic (exact) mass is 219 g/mol. The van der Waals surface area contributed by atoms with Gasteiger partial charge in [-0.3, -0.25) is 4.98 Å².